The quantitative estimate of drug-likeness (QED) is 0.819. The van der Waals surface area contributed by atoms with Gasteiger partial charge in [0.1, 0.15) is 5.75 Å². The van der Waals surface area contributed by atoms with Crippen LogP contribution in [-0.4, -0.2) is 11.1 Å². The second-order valence-corrected chi connectivity index (χ2v) is 4.98. The van der Waals surface area contributed by atoms with Crippen molar-refractivity contribution in [3.05, 3.63) is 29.8 Å². The van der Waals surface area contributed by atoms with Gasteiger partial charge in [0.2, 0.25) is 0 Å². The van der Waals surface area contributed by atoms with E-state index < -0.39 is 0 Å². The molecule has 0 aromatic heterocycles. The number of phenolic OH excluding ortho intramolecular Hbond substituents is 1. The Kier molecular flexibility index (Phi) is 3.83. The number of aromatic hydroxyl groups is 1. The molecule has 1 saturated carbocycles. The van der Waals surface area contributed by atoms with Gasteiger partial charge in [-0.15, -0.1) is 0 Å². The molecule has 2 N–H and O–H groups in total. The van der Waals surface area contributed by atoms with Gasteiger partial charge in [0.25, 0.3) is 0 Å². The first-order chi connectivity index (χ1) is 7.75. The van der Waals surface area contributed by atoms with E-state index in [4.69, 9.17) is 0 Å². The van der Waals surface area contributed by atoms with E-state index in [-0.39, 0.29) is 0 Å². The summed E-state index contributed by atoms with van der Waals surface area (Å²) in [6.45, 7) is 3.11. The van der Waals surface area contributed by atoms with E-state index in [1.165, 1.54) is 25.7 Å². The van der Waals surface area contributed by atoms with Gasteiger partial charge in [0.15, 0.2) is 0 Å². The summed E-state index contributed by atoms with van der Waals surface area (Å²) in [5.41, 5.74) is 1.00. The lowest BCUT2D eigenvalue weighted by molar-refractivity contribution is 0.299. The summed E-state index contributed by atoms with van der Waals surface area (Å²) in [6.07, 6.45) is 5.25. The first-order valence-corrected chi connectivity index (χ1v) is 6.26. The predicted octanol–water partition coefficient (Wildman–Crippen LogP) is 3.06. The van der Waals surface area contributed by atoms with Gasteiger partial charge in [0.05, 0.1) is 0 Å². The average Bonchev–Trinajstić information content (AvgIpc) is 2.28. The molecule has 88 valence electrons. The Hall–Kier alpha value is -1.02. The highest BCUT2D eigenvalue weighted by Gasteiger charge is 2.18. The number of hydrogen-bond donors (Lipinski definition) is 2. The molecule has 2 rings (SSSR count). The molecule has 16 heavy (non-hydrogen) atoms. The second-order valence-electron chi connectivity index (χ2n) is 4.98. The summed E-state index contributed by atoms with van der Waals surface area (Å²) in [6, 6.07) is 8.19. The molecule has 1 aromatic rings. The minimum absolute atomic E-state index is 0.402. The first kappa shape index (κ1) is 11.5. The third-order valence-electron chi connectivity index (χ3n) is 3.51. The zero-order chi connectivity index (χ0) is 11.4. The molecule has 1 aliphatic rings. The van der Waals surface area contributed by atoms with E-state index in [0.29, 0.717) is 11.8 Å². The number of rotatable bonds is 3. The van der Waals surface area contributed by atoms with Crippen LogP contribution in [-0.2, 0) is 6.54 Å². The third kappa shape index (κ3) is 2.99. The third-order valence-corrected chi connectivity index (χ3v) is 3.51. The molecule has 2 nitrogen and oxygen atoms in total. The Morgan fingerprint density at radius 3 is 2.88 bits per heavy atom. The molecule has 2 atom stereocenters. The van der Waals surface area contributed by atoms with E-state index >= 15 is 0 Å². The van der Waals surface area contributed by atoms with Gasteiger partial charge >= 0.3 is 0 Å². The lowest BCUT2D eigenvalue weighted by Gasteiger charge is -2.27. The Balaban J connectivity index is 1.85. The van der Waals surface area contributed by atoms with E-state index in [1.54, 1.807) is 6.07 Å². The maximum absolute atomic E-state index is 9.65. The SMILES string of the molecule is CC1CCCC(NCc2ccccc2O)C1. The summed E-state index contributed by atoms with van der Waals surface area (Å²) >= 11 is 0. The molecule has 1 aromatic carbocycles. The van der Waals surface area contributed by atoms with Crippen LogP contribution in [0.4, 0.5) is 0 Å². The van der Waals surface area contributed by atoms with Crippen molar-refractivity contribution in [2.45, 2.75) is 45.2 Å². The van der Waals surface area contributed by atoms with Gasteiger partial charge in [-0.3, -0.25) is 0 Å². The molecule has 0 radical (unpaired) electrons. The van der Waals surface area contributed by atoms with Crippen molar-refractivity contribution < 1.29 is 5.11 Å². The summed E-state index contributed by atoms with van der Waals surface area (Å²) in [7, 11) is 0. The molecule has 1 fully saturated rings. The van der Waals surface area contributed by atoms with E-state index in [0.717, 1.165) is 18.0 Å². The molecule has 0 bridgehead atoms. The van der Waals surface area contributed by atoms with Crippen LogP contribution >= 0.6 is 0 Å². The fraction of sp³-hybridized carbons (Fsp3) is 0.571. The van der Waals surface area contributed by atoms with Gasteiger partial charge in [-0.05, 0) is 24.8 Å². The Morgan fingerprint density at radius 2 is 2.12 bits per heavy atom. The first-order valence-electron chi connectivity index (χ1n) is 6.26. The molecule has 0 spiro atoms. The van der Waals surface area contributed by atoms with Crippen LogP contribution < -0.4 is 5.32 Å². The summed E-state index contributed by atoms with van der Waals surface area (Å²) in [5.74, 6) is 1.24. The molecule has 0 saturated heterocycles. The Morgan fingerprint density at radius 1 is 1.31 bits per heavy atom. The molecular formula is C14H21NO. The largest absolute Gasteiger partial charge is 0.508 e. The van der Waals surface area contributed by atoms with Crippen molar-refractivity contribution in [3.8, 4) is 5.75 Å². The Bertz CT molecular complexity index is 337. The standard InChI is InChI=1S/C14H21NO/c1-11-5-4-7-13(9-11)15-10-12-6-2-3-8-14(12)16/h2-3,6,8,11,13,15-16H,4-5,7,9-10H2,1H3. The average molecular weight is 219 g/mol. The number of para-hydroxylation sites is 1. The minimum Gasteiger partial charge on any atom is -0.508 e. The molecule has 2 unspecified atom stereocenters. The summed E-state index contributed by atoms with van der Waals surface area (Å²) < 4.78 is 0. The number of nitrogens with one attached hydrogen (secondary N) is 1. The van der Waals surface area contributed by atoms with Crippen LogP contribution in [0.15, 0.2) is 24.3 Å². The number of phenols is 1. The van der Waals surface area contributed by atoms with E-state index in [1.807, 2.05) is 18.2 Å². The summed E-state index contributed by atoms with van der Waals surface area (Å²) in [5, 5.41) is 13.2. The highest BCUT2D eigenvalue weighted by molar-refractivity contribution is 5.31. The minimum atomic E-state index is 0.402. The van der Waals surface area contributed by atoms with Crippen LogP contribution in [0.3, 0.4) is 0 Å². The lowest BCUT2D eigenvalue weighted by Crippen LogP contribution is -2.33. The highest BCUT2D eigenvalue weighted by Crippen LogP contribution is 2.24. The maximum Gasteiger partial charge on any atom is 0.120 e. The van der Waals surface area contributed by atoms with Crippen LogP contribution in [0.2, 0.25) is 0 Å². The molecule has 2 heteroatoms. The van der Waals surface area contributed by atoms with Crippen molar-refractivity contribution in [3.63, 3.8) is 0 Å². The van der Waals surface area contributed by atoms with Gasteiger partial charge in [-0.2, -0.15) is 0 Å². The van der Waals surface area contributed by atoms with Gasteiger partial charge in [-0.25, -0.2) is 0 Å². The van der Waals surface area contributed by atoms with Crippen molar-refractivity contribution in [2.75, 3.05) is 0 Å². The lowest BCUT2D eigenvalue weighted by atomic mass is 9.87. The normalized spacial score (nSPS) is 25.6. The topological polar surface area (TPSA) is 32.3 Å². The van der Waals surface area contributed by atoms with Crippen LogP contribution in [0.25, 0.3) is 0 Å². The zero-order valence-corrected chi connectivity index (χ0v) is 9.95. The zero-order valence-electron chi connectivity index (χ0n) is 9.95. The van der Waals surface area contributed by atoms with Crippen LogP contribution in [0.5, 0.6) is 5.75 Å². The van der Waals surface area contributed by atoms with Crippen molar-refractivity contribution >= 4 is 0 Å². The molecular weight excluding hydrogens is 198 g/mol. The Labute approximate surface area is 97.7 Å². The fourth-order valence-electron chi connectivity index (χ4n) is 2.53. The fourth-order valence-corrected chi connectivity index (χ4v) is 2.53. The molecule has 0 amide bonds. The molecule has 0 heterocycles. The van der Waals surface area contributed by atoms with E-state index in [2.05, 4.69) is 12.2 Å². The van der Waals surface area contributed by atoms with Crippen molar-refractivity contribution in [2.24, 2.45) is 5.92 Å². The van der Waals surface area contributed by atoms with Gasteiger partial charge in [0, 0.05) is 18.2 Å². The number of hydrogen-bond acceptors (Lipinski definition) is 2. The maximum atomic E-state index is 9.65. The molecule has 1 aliphatic carbocycles. The molecule has 0 aliphatic heterocycles. The monoisotopic (exact) mass is 219 g/mol. The van der Waals surface area contributed by atoms with Crippen LogP contribution in [0, 0.1) is 5.92 Å². The smallest absolute Gasteiger partial charge is 0.120 e. The highest BCUT2D eigenvalue weighted by atomic mass is 16.3. The van der Waals surface area contributed by atoms with Gasteiger partial charge < -0.3 is 10.4 Å². The van der Waals surface area contributed by atoms with Crippen LogP contribution in [0.1, 0.15) is 38.2 Å². The summed E-state index contributed by atoms with van der Waals surface area (Å²) in [4.78, 5) is 0. The van der Waals surface area contributed by atoms with Crippen molar-refractivity contribution in [1.29, 1.82) is 0 Å². The second kappa shape index (κ2) is 5.35. The number of benzene rings is 1. The predicted molar refractivity (Wildman–Crippen MR) is 66.4 cm³/mol. The van der Waals surface area contributed by atoms with E-state index in [9.17, 15) is 5.11 Å². The van der Waals surface area contributed by atoms with Gasteiger partial charge in [-0.1, -0.05) is 38.0 Å². The van der Waals surface area contributed by atoms with Crippen molar-refractivity contribution in [1.82, 2.24) is 5.32 Å².